The molecule has 1 heterocycles. The van der Waals surface area contributed by atoms with Gasteiger partial charge in [0, 0.05) is 12.2 Å². The van der Waals surface area contributed by atoms with Gasteiger partial charge in [0.2, 0.25) is 5.91 Å². The van der Waals surface area contributed by atoms with Crippen molar-refractivity contribution in [3.63, 3.8) is 0 Å². The molecule has 3 nitrogen and oxygen atoms in total. The minimum absolute atomic E-state index is 0.000333. The number of amides is 1. The van der Waals surface area contributed by atoms with Gasteiger partial charge in [-0.25, -0.2) is 4.39 Å². The minimum atomic E-state index is -0.251. The van der Waals surface area contributed by atoms with Gasteiger partial charge in [0.1, 0.15) is 5.82 Å². The van der Waals surface area contributed by atoms with Gasteiger partial charge in [-0.3, -0.25) is 4.79 Å². The van der Waals surface area contributed by atoms with Crippen molar-refractivity contribution in [1.82, 2.24) is 5.32 Å². The van der Waals surface area contributed by atoms with E-state index in [-0.39, 0.29) is 17.6 Å². The van der Waals surface area contributed by atoms with Crippen LogP contribution in [0.1, 0.15) is 12.5 Å². The molecule has 0 saturated carbocycles. The van der Waals surface area contributed by atoms with Gasteiger partial charge in [0.05, 0.1) is 5.92 Å². The Kier molecular flexibility index (Phi) is 3.43. The molecule has 1 fully saturated rings. The second-order valence-electron chi connectivity index (χ2n) is 4.70. The monoisotopic (exact) mass is 236 g/mol. The first-order valence-electron chi connectivity index (χ1n) is 5.85. The van der Waals surface area contributed by atoms with Crippen LogP contribution in [0.3, 0.4) is 0 Å². The Morgan fingerprint density at radius 1 is 1.47 bits per heavy atom. The molecule has 0 spiro atoms. The third kappa shape index (κ3) is 2.64. The summed E-state index contributed by atoms with van der Waals surface area (Å²) in [6.07, 6.45) is 0. The molecule has 1 aromatic carbocycles. The number of anilines is 1. The highest BCUT2D eigenvalue weighted by Gasteiger charge is 2.29. The summed E-state index contributed by atoms with van der Waals surface area (Å²) in [5, 5.41) is 6.03. The molecule has 1 aromatic rings. The average Bonchev–Trinajstić information content (AvgIpc) is 2.70. The molecule has 1 aliphatic rings. The van der Waals surface area contributed by atoms with Gasteiger partial charge in [-0.2, -0.15) is 0 Å². The molecular formula is C13H17FN2O. The van der Waals surface area contributed by atoms with E-state index in [1.165, 1.54) is 6.07 Å². The number of carbonyl (C=O) groups excluding carboxylic acids is 1. The second kappa shape index (κ2) is 4.84. The van der Waals surface area contributed by atoms with Gasteiger partial charge < -0.3 is 10.6 Å². The fourth-order valence-corrected chi connectivity index (χ4v) is 2.12. The summed E-state index contributed by atoms with van der Waals surface area (Å²) in [7, 11) is 0. The van der Waals surface area contributed by atoms with Crippen LogP contribution in [0.4, 0.5) is 10.1 Å². The number of halogens is 1. The topological polar surface area (TPSA) is 41.1 Å². The number of hydrogen-bond donors (Lipinski definition) is 2. The Morgan fingerprint density at radius 2 is 2.24 bits per heavy atom. The fraction of sp³-hybridized carbons (Fsp3) is 0.462. The highest BCUT2D eigenvalue weighted by Crippen LogP contribution is 2.19. The van der Waals surface area contributed by atoms with Crippen LogP contribution >= 0.6 is 0 Å². The Labute approximate surface area is 100 Å². The molecule has 2 N–H and O–H groups in total. The molecule has 2 rings (SSSR count). The summed E-state index contributed by atoms with van der Waals surface area (Å²) >= 11 is 0. The zero-order valence-electron chi connectivity index (χ0n) is 10.1. The molecule has 0 aromatic heterocycles. The van der Waals surface area contributed by atoms with E-state index in [1.54, 1.807) is 19.1 Å². The Morgan fingerprint density at radius 3 is 2.82 bits per heavy atom. The van der Waals surface area contributed by atoms with E-state index in [0.29, 0.717) is 23.7 Å². The van der Waals surface area contributed by atoms with Crippen molar-refractivity contribution in [2.45, 2.75) is 13.8 Å². The maximum Gasteiger partial charge on any atom is 0.229 e. The lowest BCUT2D eigenvalue weighted by Gasteiger charge is -2.14. The van der Waals surface area contributed by atoms with Gasteiger partial charge in [-0.15, -0.1) is 0 Å². The van der Waals surface area contributed by atoms with Gasteiger partial charge >= 0.3 is 0 Å². The van der Waals surface area contributed by atoms with Crippen LogP contribution in [0, 0.1) is 24.6 Å². The molecule has 92 valence electrons. The summed E-state index contributed by atoms with van der Waals surface area (Å²) in [5.74, 6) is 0.101. The SMILES string of the molecule is Cc1cc(NC(=O)[C@@H]2CNC[C@H]2C)ccc1F. The summed E-state index contributed by atoms with van der Waals surface area (Å²) in [5.41, 5.74) is 1.20. The Balaban J connectivity index is 2.05. The Hall–Kier alpha value is -1.42. The quantitative estimate of drug-likeness (QED) is 0.823. The molecular weight excluding hydrogens is 219 g/mol. The van der Waals surface area contributed by atoms with E-state index in [2.05, 4.69) is 17.6 Å². The molecule has 0 radical (unpaired) electrons. The number of aryl methyl sites for hydroxylation is 1. The molecule has 0 unspecified atom stereocenters. The second-order valence-corrected chi connectivity index (χ2v) is 4.70. The minimum Gasteiger partial charge on any atom is -0.326 e. The number of rotatable bonds is 2. The first-order chi connectivity index (χ1) is 8.08. The van der Waals surface area contributed by atoms with Gasteiger partial charge in [-0.05, 0) is 43.1 Å². The molecule has 0 bridgehead atoms. The predicted octanol–water partition coefficient (Wildman–Crippen LogP) is 1.93. The molecule has 2 atom stereocenters. The number of hydrogen-bond acceptors (Lipinski definition) is 2. The highest BCUT2D eigenvalue weighted by atomic mass is 19.1. The van der Waals surface area contributed by atoms with E-state index >= 15 is 0 Å². The van der Waals surface area contributed by atoms with Gasteiger partial charge in [0.25, 0.3) is 0 Å². The van der Waals surface area contributed by atoms with E-state index in [9.17, 15) is 9.18 Å². The lowest BCUT2D eigenvalue weighted by Crippen LogP contribution is -2.27. The lowest BCUT2D eigenvalue weighted by atomic mass is 9.97. The smallest absolute Gasteiger partial charge is 0.229 e. The van der Waals surface area contributed by atoms with Crippen LogP contribution in [0.2, 0.25) is 0 Å². The maximum atomic E-state index is 13.1. The van der Waals surface area contributed by atoms with Crippen molar-refractivity contribution in [2.24, 2.45) is 11.8 Å². The van der Waals surface area contributed by atoms with Crippen LogP contribution in [0.15, 0.2) is 18.2 Å². The highest BCUT2D eigenvalue weighted by molar-refractivity contribution is 5.93. The predicted molar refractivity (Wildman–Crippen MR) is 65.3 cm³/mol. The first kappa shape index (κ1) is 12.0. The molecule has 1 amide bonds. The van der Waals surface area contributed by atoms with E-state index in [4.69, 9.17) is 0 Å². The zero-order valence-corrected chi connectivity index (χ0v) is 10.1. The van der Waals surface area contributed by atoms with Crippen molar-refractivity contribution >= 4 is 11.6 Å². The number of nitrogens with one attached hydrogen (secondary N) is 2. The van der Waals surface area contributed by atoms with E-state index < -0.39 is 0 Å². The number of carbonyl (C=O) groups is 1. The van der Waals surface area contributed by atoms with Crippen LogP contribution in [-0.2, 0) is 4.79 Å². The largest absolute Gasteiger partial charge is 0.326 e. The van der Waals surface area contributed by atoms with Crippen LogP contribution < -0.4 is 10.6 Å². The third-order valence-electron chi connectivity index (χ3n) is 3.28. The number of benzene rings is 1. The molecule has 1 aliphatic heterocycles. The Bertz CT molecular complexity index is 433. The summed E-state index contributed by atoms with van der Waals surface area (Å²) in [4.78, 5) is 12.0. The van der Waals surface area contributed by atoms with Crippen molar-refractivity contribution in [1.29, 1.82) is 0 Å². The molecule has 4 heteroatoms. The maximum absolute atomic E-state index is 13.1. The van der Waals surface area contributed by atoms with Crippen molar-refractivity contribution in [3.8, 4) is 0 Å². The summed E-state index contributed by atoms with van der Waals surface area (Å²) < 4.78 is 13.1. The van der Waals surface area contributed by atoms with Crippen LogP contribution in [-0.4, -0.2) is 19.0 Å². The van der Waals surface area contributed by atoms with Gasteiger partial charge in [0.15, 0.2) is 0 Å². The lowest BCUT2D eigenvalue weighted by molar-refractivity contribution is -0.120. The van der Waals surface area contributed by atoms with Gasteiger partial charge in [-0.1, -0.05) is 6.92 Å². The van der Waals surface area contributed by atoms with Crippen molar-refractivity contribution < 1.29 is 9.18 Å². The molecule has 17 heavy (non-hydrogen) atoms. The van der Waals surface area contributed by atoms with Crippen LogP contribution in [0.5, 0.6) is 0 Å². The third-order valence-corrected chi connectivity index (χ3v) is 3.28. The first-order valence-corrected chi connectivity index (χ1v) is 5.85. The van der Waals surface area contributed by atoms with Crippen molar-refractivity contribution in [3.05, 3.63) is 29.6 Å². The molecule has 0 aliphatic carbocycles. The zero-order chi connectivity index (χ0) is 12.4. The normalized spacial score (nSPS) is 23.7. The van der Waals surface area contributed by atoms with E-state index in [1.807, 2.05) is 0 Å². The summed E-state index contributed by atoms with van der Waals surface area (Å²) in [6, 6.07) is 4.62. The standard InChI is InChI=1S/C13H17FN2O/c1-8-5-10(3-4-12(8)14)16-13(17)11-7-15-6-9(11)2/h3-5,9,11,15H,6-7H2,1-2H3,(H,16,17)/t9-,11-/m1/s1. The average molecular weight is 236 g/mol. The van der Waals surface area contributed by atoms with Crippen molar-refractivity contribution in [2.75, 3.05) is 18.4 Å². The summed E-state index contributed by atoms with van der Waals surface area (Å²) in [6.45, 7) is 5.33. The van der Waals surface area contributed by atoms with Crippen LogP contribution in [0.25, 0.3) is 0 Å². The van der Waals surface area contributed by atoms with E-state index in [0.717, 1.165) is 6.54 Å². The fourth-order valence-electron chi connectivity index (χ4n) is 2.12. The molecule has 1 saturated heterocycles.